The minimum atomic E-state index is -0.179. The van der Waals surface area contributed by atoms with Crippen molar-refractivity contribution >= 4 is 88.6 Å². The highest BCUT2D eigenvalue weighted by atomic mass is 33.1. The van der Waals surface area contributed by atoms with Gasteiger partial charge in [0, 0.05) is 60.6 Å². The van der Waals surface area contributed by atoms with E-state index in [2.05, 4.69) is 56.4 Å². The molecule has 0 aliphatic heterocycles. The molecule has 0 aromatic rings. The molecule has 0 spiro atoms. The van der Waals surface area contributed by atoms with Crippen molar-refractivity contribution in [2.45, 2.75) is 272 Å². The molecular weight excluding hydrogens is 1160 g/mol. The Morgan fingerprint density at radius 1 is 0.301 bits per heavy atom. The minimum absolute atomic E-state index is 0.142. The fourth-order valence-electron chi connectivity index (χ4n) is 9.74. The number of nitrogens with zero attached hydrogens (tertiary/aromatic N) is 3. The van der Waals surface area contributed by atoms with Crippen LogP contribution in [0.5, 0.6) is 0 Å². The monoisotopic (exact) mass is 1280 g/mol. The third-order valence-corrected chi connectivity index (χ3v) is 22.3. The second-order valence-electron chi connectivity index (χ2n) is 22.9. The van der Waals surface area contributed by atoms with Gasteiger partial charge in [-0.25, -0.2) is 0 Å². The fraction of sp³-hybridized carbons (Fsp3) is 0.939. The third-order valence-electron chi connectivity index (χ3n) is 15.0. The van der Waals surface area contributed by atoms with Crippen LogP contribution in [0.15, 0.2) is 0 Å². The van der Waals surface area contributed by atoms with E-state index in [-0.39, 0.29) is 23.9 Å². The summed E-state index contributed by atoms with van der Waals surface area (Å²) in [6.07, 6.45) is 42.1. The predicted molar refractivity (Wildman–Crippen MR) is 372 cm³/mol. The third kappa shape index (κ3) is 63.2. The number of esters is 4. The van der Waals surface area contributed by atoms with Gasteiger partial charge in [0.25, 0.3) is 0 Å². The molecule has 0 saturated heterocycles. The molecule has 0 aromatic carbocycles. The average molecular weight is 1290 g/mol. The standard InChI is InChI=1S/C66H129N3O8S6/c1-7-12-17-22-26-31-39-62(38-30-21-16-11-5)61-77-66(73)43-51-69(50-42-65(72)76-54-60-83-80-57-34-29-25-20-15-10-4)48-37-45-67(6)44-36-47-68(49-41-64(71)75-53-59-82-79-56-33-28-24-19-14-9-3)46-35-40-63(70)74-52-58-81-78-55-32-27-23-18-13-8-2/h62H,7-61H2,1-6H3. The van der Waals surface area contributed by atoms with Crippen LogP contribution in [0.1, 0.15) is 272 Å². The summed E-state index contributed by atoms with van der Waals surface area (Å²) in [5.41, 5.74) is 0. The summed E-state index contributed by atoms with van der Waals surface area (Å²) in [6, 6.07) is 0. The minimum Gasteiger partial charge on any atom is -0.465 e. The molecule has 0 saturated carbocycles. The lowest BCUT2D eigenvalue weighted by atomic mass is 9.95. The summed E-state index contributed by atoms with van der Waals surface area (Å²) in [5.74, 6) is 5.63. The highest BCUT2D eigenvalue weighted by Crippen LogP contribution is 2.26. The Bertz CT molecular complexity index is 1410. The van der Waals surface area contributed by atoms with Crippen LogP contribution in [0.3, 0.4) is 0 Å². The van der Waals surface area contributed by atoms with Crippen LogP contribution in [0.2, 0.25) is 0 Å². The van der Waals surface area contributed by atoms with Crippen molar-refractivity contribution in [3.8, 4) is 0 Å². The van der Waals surface area contributed by atoms with E-state index in [4.69, 9.17) is 18.9 Å². The number of hydrogen-bond acceptors (Lipinski definition) is 17. The van der Waals surface area contributed by atoms with Gasteiger partial charge in [0.05, 0.1) is 25.9 Å². The van der Waals surface area contributed by atoms with E-state index in [1.165, 1.54) is 180 Å². The number of carbonyl (C=O) groups excluding carboxylic acids is 4. The largest absolute Gasteiger partial charge is 0.465 e. The zero-order chi connectivity index (χ0) is 60.6. The van der Waals surface area contributed by atoms with Gasteiger partial charge < -0.3 is 33.6 Å². The first-order valence-electron chi connectivity index (χ1n) is 34.2. The molecular formula is C66H129N3O8S6. The summed E-state index contributed by atoms with van der Waals surface area (Å²) in [6.45, 7) is 18.8. The van der Waals surface area contributed by atoms with E-state index in [0.29, 0.717) is 84.1 Å². The Morgan fingerprint density at radius 2 is 0.590 bits per heavy atom. The summed E-state index contributed by atoms with van der Waals surface area (Å²) in [7, 11) is 13.2. The van der Waals surface area contributed by atoms with Gasteiger partial charge >= 0.3 is 23.9 Å². The van der Waals surface area contributed by atoms with E-state index >= 15 is 0 Å². The second kappa shape index (κ2) is 67.8. The summed E-state index contributed by atoms with van der Waals surface area (Å²) < 4.78 is 22.9. The number of rotatable bonds is 68. The van der Waals surface area contributed by atoms with Gasteiger partial charge in [-0.3, -0.25) is 19.2 Å². The topological polar surface area (TPSA) is 115 Å². The predicted octanol–water partition coefficient (Wildman–Crippen LogP) is 19.0. The van der Waals surface area contributed by atoms with E-state index in [1.54, 1.807) is 32.4 Å². The summed E-state index contributed by atoms with van der Waals surface area (Å²) in [4.78, 5) is 58.8. The van der Waals surface area contributed by atoms with Crippen molar-refractivity contribution in [3.63, 3.8) is 0 Å². The molecule has 0 fully saturated rings. The molecule has 11 nitrogen and oxygen atoms in total. The van der Waals surface area contributed by atoms with Gasteiger partial charge in [0.1, 0.15) is 19.8 Å². The van der Waals surface area contributed by atoms with E-state index < -0.39 is 0 Å². The van der Waals surface area contributed by atoms with Crippen molar-refractivity contribution in [1.82, 2.24) is 14.7 Å². The lowest BCUT2D eigenvalue weighted by Crippen LogP contribution is -2.34. The maximum absolute atomic E-state index is 13.3. The van der Waals surface area contributed by atoms with Crippen molar-refractivity contribution in [1.29, 1.82) is 0 Å². The summed E-state index contributed by atoms with van der Waals surface area (Å²) in [5, 5.41) is 0. The molecule has 0 rings (SSSR count). The average Bonchev–Trinajstić information content (AvgIpc) is 3.48. The Balaban J connectivity index is 5.31. The number of hydrogen-bond donors (Lipinski definition) is 0. The quantitative estimate of drug-likeness (QED) is 0.0249. The molecule has 0 aliphatic rings. The SMILES string of the molecule is CCCCCCCCSSCCOC(=O)CCCN(CCCN(C)CCCN(CCC(=O)OCCSSCCCCCCCC)CCC(=O)OCC(CCCCCC)CCCCCCCC)CCC(=O)OCCSSCCCCCCCC. The van der Waals surface area contributed by atoms with Gasteiger partial charge in [-0.05, 0) is 97.1 Å². The van der Waals surface area contributed by atoms with Crippen LogP contribution in [0, 0.1) is 5.92 Å². The van der Waals surface area contributed by atoms with Gasteiger partial charge in [0.15, 0.2) is 0 Å². The Labute approximate surface area is 536 Å². The molecule has 492 valence electrons. The van der Waals surface area contributed by atoms with E-state index in [1.807, 2.05) is 32.4 Å². The molecule has 0 aliphatic carbocycles. The highest BCUT2D eigenvalue weighted by molar-refractivity contribution is 8.77. The van der Waals surface area contributed by atoms with Gasteiger partial charge in [-0.15, -0.1) is 0 Å². The lowest BCUT2D eigenvalue weighted by Gasteiger charge is -2.25. The van der Waals surface area contributed by atoms with Crippen LogP contribution in [0.4, 0.5) is 0 Å². The first kappa shape index (κ1) is 82.9. The number of carbonyl (C=O) groups is 4. The van der Waals surface area contributed by atoms with Gasteiger partial charge in [-0.1, -0.05) is 260 Å². The zero-order valence-corrected chi connectivity index (χ0v) is 59.4. The van der Waals surface area contributed by atoms with Crippen LogP contribution in [-0.2, 0) is 38.1 Å². The number of unbranched alkanes of at least 4 members (excludes halogenated alkanes) is 23. The maximum Gasteiger partial charge on any atom is 0.307 e. The molecule has 0 radical (unpaired) electrons. The van der Waals surface area contributed by atoms with Crippen LogP contribution in [-0.4, -0.2) is 159 Å². The molecule has 0 heterocycles. The molecule has 17 heteroatoms. The molecule has 1 unspecified atom stereocenters. The Morgan fingerprint density at radius 3 is 0.976 bits per heavy atom. The molecule has 1 atom stereocenters. The van der Waals surface area contributed by atoms with Crippen LogP contribution < -0.4 is 0 Å². The molecule has 83 heavy (non-hydrogen) atoms. The van der Waals surface area contributed by atoms with Crippen molar-refractivity contribution < 1.29 is 38.1 Å². The Kier molecular flexibility index (Phi) is 67.7. The van der Waals surface area contributed by atoms with Crippen LogP contribution >= 0.6 is 64.8 Å². The van der Waals surface area contributed by atoms with Crippen molar-refractivity contribution in [3.05, 3.63) is 0 Å². The maximum atomic E-state index is 13.3. The van der Waals surface area contributed by atoms with Crippen LogP contribution in [0.25, 0.3) is 0 Å². The van der Waals surface area contributed by atoms with E-state index in [0.717, 1.165) is 92.9 Å². The second-order valence-corrected chi connectivity index (χ2v) is 31.0. The van der Waals surface area contributed by atoms with E-state index in [9.17, 15) is 19.2 Å². The lowest BCUT2D eigenvalue weighted by molar-refractivity contribution is -0.146. The fourth-order valence-corrected chi connectivity index (χ4v) is 15.7. The summed E-state index contributed by atoms with van der Waals surface area (Å²) >= 11 is 0. The first-order valence-corrected chi connectivity index (χ1v) is 41.6. The normalized spacial score (nSPS) is 12.0. The number of ether oxygens (including phenoxy) is 4. The first-order chi connectivity index (χ1) is 40.7. The molecule has 0 aromatic heterocycles. The van der Waals surface area contributed by atoms with Gasteiger partial charge in [-0.2, -0.15) is 0 Å². The molecule has 0 N–H and O–H groups in total. The molecule has 0 bridgehead atoms. The zero-order valence-electron chi connectivity index (χ0n) is 54.5. The Hall–Kier alpha value is -0.140. The van der Waals surface area contributed by atoms with Crippen molar-refractivity contribution in [2.24, 2.45) is 5.92 Å². The molecule has 0 amide bonds. The van der Waals surface area contributed by atoms with Crippen molar-refractivity contribution in [2.75, 3.05) is 120 Å². The van der Waals surface area contributed by atoms with Gasteiger partial charge in [0.2, 0.25) is 0 Å². The smallest absolute Gasteiger partial charge is 0.307 e. The highest BCUT2D eigenvalue weighted by Gasteiger charge is 2.17.